The molecule has 1 fully saturated rings. The van der Waals surface area contributed by atoms with Crippen molar-refractivity contribution in [1.29, 1.82) is 0 Å². The molecule has 0 bridgehead atoms. The summed E-state index contributed by atoms with van der Waals surface area (Å²) in [6, 6.07) is 2.67. The van der Waals surface area contributed by atoms with Crippen LogP contribution in [0.3, 0.4) is 0 Å². The summed E-state index contributed by atoms with van der Waals surface area (Å²) in [7, 11) is 0. The summed E-state index contributed by atoms with van der Waals surface area (Å²) in [5.74, 6) is 0. The van der Waals surface area contributed by atoms with Gasteiger partial charge in [-0.15, -0.1) is 11.3 Å². The molecule has 0 aliphatic carbocycles. The van der Waals surface area contributed by atoms with Crippen molar-refractivity contribution in [3.8, 4) is 0 Å². The van der Waals surface area contributed by atoms with Gasteiger partial charge in [-0.1, -0.05) is 6.92 Å². The smallest absolute Gasteiger partial charge is 0.0590 e. The average Bonchev–Trinajstić information content (AvgIpc) is 2.77. The van der Waals surface area contributed by atoms with Crippen LogP contribution in [0.1, 0.15) is 37.5 Å². The standard InChI is InChI=1S/C14H22BrNOS/c1-2-16-11(9-12-5-3-4-7-17-12)10-14-13(15)6-8-18-14/h6,8,11-12,16H,2-5,7,9-10H2,1H3. The van der Waals surface area contributed by atoms with Crippen LogP contribution in [0.5, 0.6) is 0 Å². The zero-order chi connectivity index (χ0) is 12.8. The van der Waals surface area contributed by atoms with Gasteiger partial charge in [-0.05, 0) is 66.0 Å². The molecule has 1 aliphatic rings. The van der Waals surface area contributed by atoms with Crippen molar-refractivity contribution in [2.24, 2.45) is 0 Å². The summed E-state index contributed by atoms with van der Waals surface area (Å²) < 4.78 is 7.11. The molecule has 0 aromatic carbocycles. The molecule has 1 aromatic heterocycles. The Morgan fingerprint density at radius 1 is 1.56 bits per heavy atom. The number of hydrogen-bond acceptors (Lipinski definition) is 3. The molecule has 0 radical (unpaired) electrons. The minimum absolute atomic E-state index is 0.460. The van der Waals surface area contributed by atoms with Crippen molar-refractivity contribution in [1.82, 2.24) is 5.32 Å². The van der Waals surface area contributed by atoms with Gasteiger partial charge in [0.2, 0.25) is 0 Å². The van der Waals surface area contributed by atoms with Crippen molar-refractivity contribution in [2.75, 3.05) is 13.2 Å². The van der Waals surface area contributed by atoms with Crippen LogP contribution in [0.25, 0.3) is 0 Å². The highest BCUT2D eigenvalue weighted by atomic mass is 79.9. The molecule has 18 heavy (non-hydrogen) atoms. The van der Waals surface area contributed by atoms with Gasteiger partial charge in [0.05, 0.1) is 6.10 Å². The fraction of sp³-hybridized carbons (Fsp3) is 0.714. The van der Waals surface area contributed by atoms with Gasteiger partial charge < -0.3 is 10.1 Å². The van der Waals surface area contributed by atoms with Gasteiger partial charge in [0, 0.05) is 22.0 Å². The normalized spacial score (nSPS) is 22.0. The van der Waals surface area contributed by atoms with Gasteiger partial charge in [0.15, 0.2) is 0 Å². The van der Waals surface area contributed by atoms with Gasteiger partial charge in [-0.3, -0.25) is 0 Å². The minimum Gasteiger partial charge on any atom is -0.378 e. The molecule has 2 atom stereocenters. The monoisotopic (exact) mass is 331 g/mol. The first-order valence-corrected chi connectivity index (χ1v) is 8.53. The maximum absolute atomic E-state index is 5.86. The zero-order valence-corrected chi connectivity index (χ0v) is 13.4. The molecule has 1 N–H and O–H groups in total. The fourth-order valence-electron chi connectivity index (χ4n) is 2.53. The van der Waals surface area contributed by atoms with Crippen molar-refractivity contribution in [3.63, 3.8) is 0 Å². The van der Waals surface area contributed by atoms with E-state index >= 15 is 0 Å². The molecule has 1 aliphatic heterocycles. The van der Waals surface area contributed by atoms with E-state index < -0.39 is 0 Å². The zero-order valence-electron chi connectivity index (χ0n) is 11.0. The van der Waals surface area contributed by atoms with Crippen molar-refractivity contribution in [2.45, 2.75) is 51.2 Å². The predicted molar refractivity (Wildman–Crippen MR) is 81.4 cm³/mol. The molecule has 0 saturated carbocycles. The maximum Gasteiger partial charge on any atom is 0.0590 e. The summed E-state index contributed by atoms with van der Waals surface area (Å²) in [5, 5.41) is 5.75. The van der Waals surface area contributed by atoms with E-state index in [9.17, 15) is 0 Å². The number of halogens is 1. The van der Waals surface area contributed by atoms with Crippen LogP contribution in [0.4, 0.5) is 0 Å². The van der Waals surface area contributed by atoms with Gasteiger partial charge in [-0.25, -0.2) is 0 Å². The molecule has 102 valence electrons. The van der Waals surface area contributed by atoms with E-state index in [-0.39, 0.29) is 0 Å². The lowest BCUT2D eigenvalue weighted by atomic mass is 9.99. The number of rotatable bonds is 6. The van der Waals surface area contributed by atoms with Crippen LogP contribution in [0, 0.1) is 0 Å². The second-order valence-corrected chi connectivity index (χ2v) is 6.73. The summed E-state index contributed by atoms with van der Waals surface area (Å²) in [6.07, 6.45) is 6.49. The topological polar surface area (TPSA) is 21.3 Å². The summed E-state index contributed by atoms with van der Waals surface area (Å²) >= 11 is 5.46. The molecule has 0 spiro atoms. The molecule has 2 rings (SSSR count). The molecular weight excluding hydrogens is 310 g/mol. The van der Waals surface area contributed by atoms with Crippen LogP contribution in [0.15, 0.2) is 15.9 Å². The second kappa shape index (κ2) is 7.63. The van der Waals surface area contributed by atoms with E-state index in [2.05, 4.69) is 39.6 Å². The number of likely N-dealkylation sites (N-methyl/N-ethyl adjacent to an activating group) is 1. The van der Waals surface area contributed by atoms with E-state index in [1.165, 1.54) is 28.6 Å². The highest BCUT2D eigenvalue weighted by molar-refractivity contribution is 9.10. The van der Waals surface area contributed by atoms with E-state index in [0.29, 0.717) is 12.1 Å². The predicted octanol–water partition coefficient (Wildman–Crippen LogP) is 3.99. The van der Waals surface area contributed by atoms with E-state index in [1.807, 2.05) is 11.3 Å². The van der Waals surface area contributed by atoms with Gasteiger partial charge in [0.25, 0.3) is 0 Å². The Hall–Kier alpha value is 0.1000. The number of hydrogen-bond donors (Lipinski definition) is 1. The SMILES string of the molecule is CCNC(Cc1sccc1Br)CC1CCCCO1. The van der Waals surface area contributed by atoms with Crippen LogP contribution in [0.2, 0.25) is 0 Å². The molecule has 2 unspecified atom stereocenters. The Labute approximate surface area is 122 Å². The van der Waals surface area contributed by atoms with E-state index in [0.717, 1.165) is 26.0 Å². The van der Waals surface area contributed by atoms with E-state index in [1.54, 1.807) is 0 Å². The van der Waals surface area contributed by atoms with Crippen molar-refractivity contribution in [3.05, 3.63) is 20.8 Å². The average molecular weight is 332 g/mol. The molecular formula is C14H22BrNOS. The first-order valence-electron chi connectivity index (χ1n) is 6.86. The summed E-state index contributed by atoms with van der Waals surface area (Å²) in [6.45, 7) is 4.16. The maximum atomic E-state index is 5.86. The van der Waals surface area contributed by atoms with Crippen LogP contribution < -0.4 is 5.32 Å². The highest BCUT2D eigenvalue weighted by Crippen LogP contribution is 2.26. The third-order valence-corrected chi connectivity index (χ3v) is 5.39. The number of nitrogens with one attached hydrogen (secondary N) is 1. The van der Waals surface area contributed by atoms with Crippen molar-refractivity contribution < 1.29 is 4.74 Å². The molecule has 0 amide bonds. The minimum atomic E-state index is 0.460. The Kier molecular flexibility index (Phi) is 6.15. The van der Waals surface area contributed by atoms with Crippen molar-refractivity contribution >= 4 is 27.3 Å². The molecule has 2 nitrogen and oxygen atoms in total. The lowest BCUT2D eigenvalue weighted by Crippen LogP contribution is -2.36. The molecule has 4 heteroatoms. The van der Waals surface area contributed by atoms with Gasteiger partial charge in [0.1, 0.15) is 0 Å². The van der Waals surface area contributed by atoms with Crippen LogP contribution in [-0.4, -0.2) is 25.3 Å². The summed E-state index contributed by atoms with van der Waals surface area (Å²) in [4.78, 5) is 1.44. The van der Waals surface area contributed by atoms with Crippen LogP contribution in [-0.2, 0) is 11.2 Å². The number of thiophene rings is 1. The first-order chi connectivity index (χ1) is 8.79. The first kappa shape index (κ1) is 14.5. The highest BCUT2D eigenvalue weighted by Gasteiger charge is 2.20. The Morgan fingerprint density at radius 2 is 2.44 bits per heavy atom. The largest absolute Gasteiger partial charge is 0.378 e. The van der Waals surface area contributed by atoms with Crippen LogP contribution >= 0.6 is 27.3 Å². The Morgan fingerprint density at radius 3 is 3.06 bits per heavy atom. The molecule has 2 heterocycles. The van der Waals surface area contributed by atoms with E-state index in [4.69, 9.17) is 4.74 Å². The molecule has 1 saturated heterocycles. The second-order valence-electron chi connectivity index (χ2n) is 4.87. The van der Waals surface area contributed by atoms with Gasteiger partial charge >= 0.3 is 0 Å². The Bertz CT molecular complexity index is 349. The third kappa shape index (κ3) is 4.34. The summed E-state index contributed by atoms with van der Waals surface area (Å²) in [5.41, 5.74) is 0. The lowest BCUT2D eigenvalue weighted by molar-refractivity contribution is 0.00539. The Balaban J connectivity index is 1.88. The number of ether oxygens (including phenoxy) is 1. The van der Waals surface area contributed by atoms with Gasteiger partial charge in [-0.2, -0.15) is 0 Å². The quantitative estimate of drug-likeness (QED) is 0.850. The third-order valence-electron chi connectivity index (χ3n) is 3.44. The lowest BCUT2D eigenvalue weighted by Gasteiger charge is -2.27. The fourth-order valence-corrected chi connectivity index (χ4v) is 4.13. The molecule has 1 aromatic rings.